The minimum absolute atomic E-state index is 0.274. The molecule has 0 saturated heterocycles. The summed E-state index contributed by atoms with van der Waals surface area (Å²) in [5.74, 6) is 0.418. The zero-order valence-corrected chi connectivity index (χ0v) is 12.6. The molecule has 1 aromatic heterocycles. The van der Waals surface area contributed by atoms with E-state index in [4.69, 9.17) is 0 Å². The summed E-state index contributed by atoms with van der Waals surface area (Å²) >= 11 is 1.62. The summed E-state index contributed by atoms with van der Waals surface area (Å²) in [4.78, 5) is 5.93. The van der Waals surface area contributed by atoms with Crippen LogP contribution in [0.3, 0.4) is 0 Å². The molecular weight excluding hydrogens is 283 g/mol. The van der Waals surface area contributed by atoms with Crippen molar-refractivity contribution in [3.8, 4) is 6.07 Å². The molecule has 1 atom stereocenters. The number of fused-ring (bicyclic) bond motifs is 1. The van der Waals surface area contributed by atoms with Gasteiger partial charge in [-0.3, -0.25) is 0 Å². The van der Waals surface area contributed by atoms with Crippen LogP contribution < -0.4 is 0 Å². The molecular formula is C17H15FN2S. The molecule has 0 amide bonds. The van der Waals surface area contributed by atoms with Gasteiger partial charge in [-0.15, -0.1) is 11.3 Å². The largest absolute Gasteiger partial charge is 0.240 e. The first-order valence-electron chi connectivity index (χ1n) is 7.02. The number of allylic oxidation sites excluding steroid dienone is 1. The van der Waals surface area contributed by atoms with Crippen LogP contribution in [0.1, 0.15) is 34.5 Å². The highest BCUT2D eigenvalue weighted by molar-refractivity contribution is 7.13. The third-order valence-electron chi connectivity index (χ3n) is 3.72. The van der Waals surface area contributed by atoms with Crippen LogP contribution in [0.5, 0.6) is 0 Å². The summed E-state index contributed by atoms with van der Waals surface area (Å²) in [6, 6.07) is 8.35. The fraction of sp³-hybridized carbons (Fsp3) is 0.294. The number of nitriles is 1. The van der Waals surface area contributed by atoms with E-state index in [2.05, 4.69) is 18.0 Å². The van der Waals surface area contributed by atoms with Crippen molar-refractivity contribution >= 4 is 23.0 Å². The van der Waals surface area contributed by atoms with Crippen LogP contribution in [0.25, 0.3) is 11.6 Å². The predicted molar refractivity (Wildman–Crippen MR) is 83.2 cm³/mol. The maximum Gasteiger partial charge on any atom is 0.134 e. The van der Waals surface area contributed by atoms with E-state index in [1.54, 1.807) is 29.5 Å². The van der Waals surface area contributed by atoms with Gasteiger partial charge >= 0.3 is 0 Å². The van der Waals surface area contributed by atoms with Gasteiger partial charge in [-0.25, -0.2) is 9.37 Å². The molecule has 106 valence electrons. The van der Waals surface area contributed by atoms with E-state index in [9.17, 15) is 9.65 Å². The van der Waals surface area contributed by atoms with Gasteiger partial charge in [0.05, 0.1) is 11.3 Å². The Morgan fingerprint density at radius 3 is 2.90 bits per heavy atom. The van der Waals surface area contributed by atoms with Crippen LogP contribution >= 0.6 is 11.3 Å². The van der Waals surface area contributed by atoms with E-state index in [1.807, 2.05) is 0 Å². The number of nitrogens with zero attached hydrogens (tertiary/aromatic N) is 2. The smallest absolute Gasteiger partial charge is 0.134 e. The van der Waals surface area contributed by atoms with Gasteiger partial charge in [-0.2, -0.15) is 5.26 Å². The summed E-state index contributed by atoms with van der Waals surface area (Å²) in [5, 5.41) is 10.2. The van der Waals surface area contributed by atoms with E-state index in [1.165, 1.54) is 23.4 Å². The van der Waals surface area contributed by atoms with Gasteiger partial charge in [-0.05, 0) is 49.0 Å². The lowest BCUT2D eigenvalue weighted by atomic mass is 9.93. The van der Waals surface area contributed by atoms with E-state index in [-0.39, 0.29) is 5.82 Å². The number of aromatic nitrogens is 1. The molecule has 1 aliphatic rings. The van der Waals surface area contributed by atoms with Crippen molar-refractivity contribution in [3.63, 3.8) is 0 Å². The molecule has 1 unspecified atom stereocenters. The van der Waals surface area contributed by atoms with Crippen molar-refractivity contribution in [3.05, 3.63) is 51.2 Å². The molecule has 0 bridgehead atoms. The fourth-order valence-corrected chi connectivity index (χ4v) is 3.76. The van der Waals surface area contributed by atoms with Crippen LogP contribution in [0, 0.1) is 23.1 Å². The van der Waals surface area contributed by atoms with Crippen molar-refractivity contribution in [2.45, 2.75) is 26.2 Å². The number of aryl methyl sites for hydroxylation is 1. The van der Waals surface area contributed by atoms with Gasteiger partial charge in [0.2, 0.25) is 0 Å². The molecule has 4 heteroatoms. The Morgan fingerprint density at radius 1 is 1.43 bits per heavy atom. The number of thiazole rings is 1. The van der Waals surface area contributed by atoms with E-state index in [0.717, 1.165) is 29.1 Å². The highest BCUT2D eigenvalue weighted by Gasteiger charge is 2.20. The summed E-state index contributed by atoms with van der Waals surface area (Å²) in [6.07, 6.45) is 5.00. The molecule has 1 heterocycles. The Hall–Kier alpha value is -1.99. The molecule has 0 saturated carbocycles. The lowest BCUT2D eigenvalue weighted by Gasteiger charge is -2.15. The zero-order valence-electron chi connectivity index (χ0n) is 11.8. The molecule has 1 aromatic carbocycles. The van der Waals surface area contributed by atoms with Gasteiger partial charge < -0.3 is 0 Å². The minimum atomic E-state index is -0.274. The Balaban J connectivity index is 1.94. The molecule has 3 rings (SSSR count). The number of hydrogen-bond donors (Lipinski definition) is 0. The Labute approximate surface area is 127 Å². The molecule has 0 aliphatic heterocycles. The second-order valence-electron chi connectivity index (χ2n) is 5.46. The van der Waals surface area contributed by atoms with Crippen molar-refractivity contribution < 1.29 is 4.39 Å². The molecule has 2 aromatic rings. The van der Waals surface area contributed by atoms with Crippen molar-refractivity contribution in [2.75, 3.05) is 0 Å². The maximum absolute atomic E-state index is 12.9. The highest BCUT2D eigenvalue weighted by atomic mass is 32.1. The Kier molecular flexibility index (Phi) is 3.85. The number of benzene rings is 1. The number of rotatable bonds is 2. The Morgan fingerprint density at radius 2 is 2.19 bits per heavy atom. The number of hydrogen-bond acceptors (Lipinski definition) is 3. The average Bonchev–Trinajstić information content (AvgIpc) is 2.89. The first-order valence-corrected chi connectivity index (χ1v) is 7.83. The van der Waals surface area contributed by atoms with Crippen LogP contribution in [0.15, 0.2) is 24.3 Å². The molecule has 2 nitrogen and oxygen atoms in total. The van der Waals surface area contributed by atoms with Gasteiger partial charge in [-0.1, -0.05) is 19.1 Å². The molecule has 0 N–H and O–H groups in total. The first kappa shape index (κ1) is 14.0. The third-order valence-corrected chi connectivity index (χ3v) is 4.87. The average molecular weight is 298 g/mol. The summed E-state index contributed by atoms with van der Waals surface area (Å²) in [6.45, 7) is 2.25. The summed E-state index contributed by atoms with van der Waals surface area (Å²) < 4.78 is 12.9. The second kappa shape index (κ2) is 5.79. The van der Waals surface area contributed by atoms with Gasteiger partial charge in [0.15, 0.2) is 0 Å². The van der Waals surface area contributed by atoms with Crippen molar-refractivity contribution in [2.24, 2.45) is 5.92 Å². The zero-order chi connectivity index (χ0) is 14.8. The fourth-order valence-electron chi connectivity index (χ4n) is 2.52. The molecule has 0 spiro atoms. The van der Waals surface area contributed by atoms with Crippen molar-refractivity contribution in [1.82, 2.24) is 4.98 Å². The van der Waals surface area contributed by atoms with E-state index < -0.39 is 0 Å². The quantitative estimate of drug-likeness (QED) is 0.767. The van der Waals surface area contributed by atoms with Crippen LogP contribution in [-0.4, -0.2) is 4.98 Å². The normalized spacial score (nSPS) is 18.1. The SMILES string of the molecule is CC1CCc2nc(/C(C#N)=C\c3ccc(F)cc3)sc2C1. The van der Waals surface area contributed by atoms with Crippen LogP contribution in [0.4, 0.5) is 4.39 Å². The minimum Gasteiger partial charge on any atom is -0.240 e. The molecule has 21 heavy (non-hydrogen) atoms. The molecule has 1 aliphatic carbocycles. The van der Waals surface area contributed by atoms with E-state index >= 15 is 0 Å². The number of halogens is 1. The maximum atomic E-state index is 12.9. The van der Waals surface area contributed by atoms with Gasteiger partial charge in [0.25, 0.3) is 0 Å². The standard InChI is InChI=1S/C17H15FN2S/c1-11-2-7-15-16(8-11)21-17(20-15)13(10-19)9-12-3-5-14(18)6-4-12/h3-6,9,11H,2,7-8H2,1H3/b13-9-. The molecule has 0 fully saturated rings. The van der Waals surface area contributed by atoms with Gasteiger partial charge in [0.1, 0.15) is 16.9 Å². The topological polar surface area (TPSA) is 36.7 Å². The monoisotopic (exact) mass is 298 g/mol. The third kappa shape index (κ3) is 3.03. The van der Waals surface area contributed by atoms with E-state index in [0.29, 0.717) is 11.5 Å². The lowest BCUT2D eigenvalue weighted by molar-refractivity contribution is 0.502. The summed E-state index contributed by atoms with van der Waals surface area (Å²) in [5.41, 5.74) is 2.51. The van der Waals surface area contributed by atoms with Crippen molar-refractivity contribution in [1.29, 1.82) is 5.26 Å². The molecule has 0 radical (unpaired) electrons. The predicted octanol–water partition coefficient (Wildman–Crippen LogP) is 4.47. The van der Waals surface area contributed by atoms with Gasteiger partial charge in [0, 0.05) is 4.88 Å². The first-order chi connectivity index (χ1) is 10.2. The second-order valence-corrected chi connectivity index (χ2v) is 6.54. The van der Waals surface area contributed by atoms with Crippen LogP contribution in [-0.2, 0) is 12.8 Å². The highest BCUT2D eigenvalue weighted by Crippen LogP contribution is 2.33. The Bertz CT molecular complexity index is 722. The summed E-state index contributed by atoms with van der Waals surface area (Å²) in [7, 11) is 0. The lowest BCUT2D eigenvalue weighted by Crippen LogP contribution is -2.09. The van der Waals surface area contributed by atoms with Crippen LogP contribution in [0.2, 0.25) is 0 Å².